The van der Waals surface area contributed by atoms with Crippen LogP contribution >= 0.6 is 0 Å². The van der Waals surface area contributed by atoms with E-state index in [-0.39, 0.29) is 0 Å². The van der Waals surface area contributed by atoms with Gasteiger partial charge in [0.1, 0.15) is 0 Å². The normalized spacial score (nSPS) is 24.2. The fraction of sp³-hybridized carbons (Fsp3) is 1.00. The number of nitrogens with one attached hydrogen (secondary N) is 1. The third kappa shape index (κ3) is 4.07. The van der Waals surface area contributed by atoms with Crippen molar-refractivity contribution >= 4 is 0 Å². The molecule has 0 amide bonds. The molecule has 1 N–H and O–H groups in total. The molecular formula is C10H21NO. The van der Waals surface area contributed by atoms with Crippen LogP contribution in [0.25, 0.3) is 0 Å². The number of ether oxygens (including phenoxy) is 1. The van der Waals surface area contributed by atoms with Gasteiger partial charge in [-0.3, -0.25) is 0 Å². The average Bonchev–Trinajstić information content (AvgIpc) is 2.14. The Hall–Kier alpha value is -0.0800. The molecule has 72 valence electrons. The van der Waals surface area contributed by atoms with Crippen molar-refractivity contribution in [2.24, 2.45) is 0 Å². The van der Waals surface area contributed by atoms with Gasteiger partial charge < -0.3 is 10.1 Å². The lowest BCUT2D eigenvalue weighted by Crippen LogP contribution is -2.34. The highest BCUT2D eigenvalue weighted by molar-refractivity contribution is 4.71. The Balaban J connectivity index is 1.91. The van der Waals surface area contributed by atoms with E-state index in [2.05, 4.69) is 12.2 Å². The van der Waals surface area contributed by atoms with Crippen molar-refractivity contribution in [3.63, 3.8) is 0 Å². The lowest BCUT2D eigenvalue weighted by molar-refractivity contribution is 0.121. The molecule has 0 aromatic rings. The summed E-state index contributed by atoms with van der Waals surface area (Å²) >= 11 is 0. The van der Waals surface area contributed by atoms with Crippen LogP contribution in [0.1, 0.15) is 39.0 Å². The van der Waals surface area contributed by atoms with Crippen molar-refractivity contribution in [3.8, 4) is 0 Å². The molecule has 0 spiro atoms. The Kier molecular flexibility index (Phi) is 5.37. The van der Waals surface area contributed by atoms with Crippen LogP contribution in [-0.2, 0) is 4.74 Å². The highest BCUT2D eigenvalue weighted by Crippen LogP contribution is 2.09. The van der Waals surface area contributed by atoms with Crippen LogP contribution in [-0.4, -0.2) is 25.8 Å². The molecule has 2 nitrogen and oxygen atoms in total. The van der Waals surface area contributed by atoms with Crippen LogP contribution in [0.3, 0.4) is 0 Å². The Labute approximate surface area is 75.7 Å². The van der Waals surface area contributed by atoms with Crippen LogP contribution in [0.2, 0.25) is 0 Å². The van der Waals surface area contributed by atoms with Crippen molar-refractivity contribution in [2.45, 2.75) is 45.1 Å². The molecule has 0 aromatic carbocycles. The smallest absolute Gasteiger partial charge is 0.0480 e. The minimum Gasteiger partial charge on any atom is -0.381 e. The zero-order valence-electron chi connectivity index (χ0n) is 8.14. The molecule has 0 aromatic heterocycles. The van der Waals surface area contributed by atoms with Gasteiger partial charge in [0.15, 0.2) is 0 Å². The minimum absolute atomic E-state index is 0.732. The summed E-state index contributed by atoms with van der Waals surface area (Å²) in [5, 5.41) is 3.52. The summed E-state index contributed by atoms with van der Waals surface area (Å²) in [6.07, 6.45) is 6.42. The van der Waals surface area contributed by atoms with Crippen molar-refractivity contribution in [1.29, 1.82) is 0 Å². The first-order valence-corrected chi connectivity index (χ1v) is 5.24. The van der Waals surface area contributed by atoms with E-state index in [1.165, 1.54) is 32.2 Å². The maximum Gasteiger partial charge on any atom is 0.0480 e. The van der Waals surface area contributed by atoms with Gasteiger partial charge in [0.25, 0.3) is 0 Å². The topological polar surface area (TPSA) is 21.3 Å². The number of hydrogen-bond acceptors (Lipinski definition) is 2. The van der Waals surface area contributed by atoms with E-state index in [1.807, 2.05) is 0 Å². The number of hydrogen-bond donors (Lipinski definition) is 1. The highest BCUT2D eigenvalue weighted by atomic mass is 16.5. The fourth-order valence-corrected chi connectivity index (χ4v) is 1.64. The standard InChI is InChI=1S/C10H21NO/c1-2-8-12-9-6-10-5-3-4-7-11-10/h10-11H,2-9H2,1H3/t10-/m1/s1. The first kappa shape index (κ1) is 10.0. The van der Waals surface area contributed by atoms with E-state index >= 15 is 0 Å². The van der Waals surface area contributed by atoms with E-state index in [0.717, 1.165) is 25.7 Å². The van der Waals surface area contributed by atoms with E-state index in [4.69, 9.17) is 4.74 Å². The second-order valence-corrected chi connectivity index (χ2v) is 3.55. The summed E-state index contributed by atoms with van der Waals surface area (Å²) < 4.78 is 5.45. The predicted molar refractivity (Wildman–Crippen MR) is 51.4 cm³/mol. The van der Waals surface area contributed by atoms with Crippen LogP contribution in [0.5, 0.6) is 0 Å². The van der Waals surface area contributed by atoms with Crippen LogP contribution < -0.4 is 5.32 Å². The Morgan fingerprint density at radius 1 is 1.33 bits per heavy atom. The largest absolute Gasteiger partial charge is 0.381 e. The highest BCUT2D eigenvalue weighted by Gasteiger charge is 2.11. The van der Waals surface area contributed by atoms with E-state index in [9.17, 15) is 0 Å². The SMILES string of the molecule is CCCOCC[C@H]1CCCCN1. The minimum atomic E-state index is 0.732. The molecule has 0 saturated carbocycles. The van der Waals surface area contributed by atoms with E-state index < -0.39 is 0 Å². The third-order valence-electron chi connectivity index (χ3n) is 2.37. The molecule has 1 fully saturated rings. The second-order valence-electron chi connectivity index (χ2n) is 3.55. The zero-order valence-corrected chi connectivity index (χ0v) is 8.14. The molecule has 0 aliphatic carbocycles. The molecule has 1 atom stereocenters. The van der Waals surface area contributed by atoms with Gasteiger partial charge >= 0.3 is 0 Å². The molecule has 1 heterocycles. The fourth-order valence-electron chi connectivity index (χ4n) is 1.64. The number of piperidine rings is 1. The molecule has 2 heteroatoms. The first-order valence-electron chi connectivity index (χ1n) is 5.24. The molecule has 1 saturated heterocycles. The number of rotatable bonds is 5. The van der Waals surface area contributed by atoms with Crippen molar-refractivity contribution < 1.29 is 4.74 Å². The molecule has 1 rings (SSSR count). The summed E-state index contributed by atoms with van der Waals surface area (Å²) in [5.74, 6) is 0. The molecule has 12 heavy (non-hydrogen) atoms. The van der Waals surface area contributed by atoms with Crippen molar-refractivity contribution in [2.75, 3.05) is 19.8 Å². The van der Waals surface area contributed by atoms with Crippen LogP contribution in [0.4, 0.5) is 0 Å². The monoisotopic (exact) mass is 171 g/mol. The van der Waals surface area contributed by atoms with Gasteiger partial charge in [-0.15, -0.1) is 0 Å². The maximum absolute atomic E-state index is 5.45. The molecule has 0 unspecified atom stereocenters. The molecule has 0 radical (unpaired) electrons. The molecule has 1 aliphatic heterocycles. The third-order valence-corrected chi connectivity index (χ3v) is 2.37. The van der Waals surface area contributed by atoms with E-state index in [0.29, 0.717) is 0 Å². The van der Waals surface area contributed by atoms with Crippen molar-refractivity contribution in [3.05, 3.63) is 0 Å². The van der Waals surface area contributed by atoms with E-state index in [1.54, 1.807) is 0 Å². The quantitative estimate of drug-likeness (QED) is 0.638. The van der Waals surface area contributed by atoms with Crippen molar-refractivity contribution in [1.82, 2.24) is 5.32 Å². The lowest BCUT2D eigenvalue weighted by atomic mass is 10.0. The second kappa shape index (κ2) is 6.44. The maximum atomic E-state index is 5.45. The van der Waals surface area contributed by atoms with Gasteiger partial charge in [0.05, 0.1) is 0 Å². The zero-order chi connectivity index (χ0) is 8.65. The summed E-state index contributed by atoms with van der Waals surface area (Å²) in [4.78, 5) is 0. The average molecular weight is 171 g/mol. The molecule has 0 bridgehead atoms. The Bertz CT molecular complexity index is 100. The summed E-state index contributed by atoms with van der Waals surface area (Å²) in [6.45, 7) is 5.22. The molecule has 1 aliphatic rings. The summed E-state index contributed by atoms with van der Waals surface area (Å²) in [6, 6.07) is 0.732. The van der Waals surface area contributed by atoms with Crippen LogP contribution in [0, 0.1) is 0 Å². The van der Waals surface area contributed by atoms with Gasteiger partial charge in [-0.2, -0.15) is 0 Å². The van der Waals surface area contributed by atoms with Gasteiger partial charge in [-0.25, -0.2) is 0 Å². The Morgan fingerprint density at radius 2 is 2.25 bits per heavy atom. The van der Waals surface area contributed by atoms with Gasteiger partial charge in [0, 0.05) is 19.3 Å². The van der Waals surface area contributed by atoms with Crippen LogP contribution in [0.15, 0.2) is 0 Å². The summed E-state index contributed by atoms with van der Waals surface area (Å²) in [5.41, 5.74) is 0. The predicted octanol–water partition coefficient (Wildman–Crippen LogP) is 1.95. The lowest BCUT2D eigenvalue weighted by Gasteiger charge is -2.23. The Morgan fingerprint density at radius 3 is 2.92 bits per heavy atom. The first-order chi connectivity index (χ1) is 5.93. The summed E-state index contributed by atoms with van der Waals surface area (Å²) in [7, 11) is 0. The van der Waals surface area contributed by atoms with Gasteiger partial charge in [-0.1, -0.05) is 13.3 Å². The van der Waals surface area contributed by atoms with Gasteiger partial charge in [-0.05, 0) is 32.2 Å². The van der Waals surface area contributed by atoms with Gasteiger partial charge in [0.2, 0.25) is 0 Å². The molecular weight excluding hydrogens is 150 g/mol.